The van der Waals surface area contributed by atoms with Gasteiger partial charge in [0.2, 0.25) is 0 Å². The van der Waals surface area contributed by atoms with Crippen LogP contribution in [0.15, 0.2) is 34.9 Å². The molecular weight excluding hydrogens is 314 g/mol. The van der Waals surface area contributed by atoms with Gasteiger partial charge in [0.15, 0.2) is 0 Å². The zero-order chi connectivity index (χ0) is 17.2. The first-order valence-electron chi connectivity index (χ1n) is 9.29. The number of benzene rings is 1. The molecule has 0 spiro atoms. The summed E-state index contributed by atoms with van der Waals surface area (Å²) < 4.78 is 5.38. The number of hydrogen-bond acceptors (Lipinski definition) is 4. The fourth-order valence-corrected chi connectivity index (χ4v) is 4.12. The van der Waals surface area contributed by atoms with Crippen LogP contribution in [0.1, 0.15) is 41.8 Å². The molecule has 0 unspecified atom stereocenters. The van der Waals surface area contributed by atoms with Crippen molar-refractivity contribution in [1.82, 2.24) is 15.0 Å². The molecule has 4 rings (SSSR count). The van der Waals surface area contributed by atoms with Gasteiger partial charge in [-0.25, -0.2) is 0 Å². The predicted molar refractivity (Wildman–Crippen MR) is 96.4 cm³/mol. The third-order valence-electron chi connectivity index (χ3n) is 5.46. The monoisotopic (exact) mass is 339 g/mol. The van der Waals surface area contributed by atoms with Gasteiger partial charge in [0, 0.05) is 24.7 Å². The first-order valence-corrected chi connectivity index (χ1v) is 9.29. The van der Waals surface area contributed by atoms with Gasteiger partial charge in [-0.2, -0.15) is 0 Å². The van der Waals surface area contributed by atoms with Gasteiger partial charge < -0.3 is 9.42 Å². The van der Waals surface area contributed by atoms with Crippen LogP contribution < -0.4 is 0 Å². The highest BCUT2D eigenvalue weighted by atomic mass is 16.5. The molecule has 5 heteroatoms. The second-order valence-corrected chi connectivity index (χ2v) is 7.12. The minimum Gasteiger partial charge on any atom is -0.360 e. The summed E-state index contributed by atoms with van der Waals surface area (Å²) in [6, 6.07) is 10.3. The molecule has 2 aliphatic rings. The molecule has 1 aromatic carbocycles. The number of rotatable bonds is 3. The average molecular weight is 339 g/mol. The Bertz CT molecular complexity index is 735. The minimum atomic E-state index is 0.0569. The van der Waals surface area contributed by atoms with E-state index in [9.17, 15) is 4.79 Å². The summed E-state index contributed by atoms with van der Waals surface area (Å²) in [5.41, 5.74) is 2.20. The van der Waals surface area contributed by atoms with Crippen LogP contribution in [0.2, 0.25) is 0 Å². The summed E-state index contributed by atoms with van der Waals surface area (Å²) in [6.07, 6.45) is 4.83. The van der Waals surface area contributed by atoms with Crippen LogP contribution in [0.3, 0.4) is 0 Å². The number of likely N-dealkylation sites (tertiary alicyclic amines) is 2. The largest absolute Gasteiger partial charge is 0.360 e. The molecule has 0 bridgehead atoms. The van der Waals surface area contributed by atoms with Gasteiger partial charge in [-0.05, 0) is 45.7 Å². The number of carbonyl (C=O) groups excluding carboxylic acids is 1. The Labute approximate surface area is 148 Å². The van der Waals surface area contributed by atoms with Crippen molar-refractivity contribution in [3.8, 4) is 11.3 Å². The minimum absolute atomic E-state index is 0.0569. The van der Waals surface area contributed by atoms with Crippen molar-refractivity contribution in [2.75, 3.05) is 26.2 Å². The lowest BCUT2D eigenvalue weighted by Gasteiger charge is -2.37. The van der Waals surface area contributed by atoms with Crippen molar-refractivity contribution in [2.24, 2.45) is 0 Å². The first kappa shape index (κ1) is 16.3. The topological polar surface area (TPSA) is 49.6 Å². The smallest absolute Gasteiger partial charge is 0.259 e. The highest BCUT2D eigenvalue weighted by molar-refractivity contribution is 6.00. The van der Waals surface area contributed by atoms with Crippen LogP contribution >= 0.6 is 0 Å². The molecule has 0 saturated carbocycles. The Kier molecular flexibility index (Phi) is 4.57. The fourth-order valence-electron chi connectivity index (χ4n) is 4.12. The Balaban J connectivity index is 1.57. The first-order chi connectivity index (χ1) is 12.2. The van der Waals surface area contributed by atoms with Crippen molar-refractivity contribution >= 4 is 5.91 Å². The van der Waals surface area contributed by atoms with Gasteiger partial charge in [-0.1, -0.05) is 35.5 Å². The number of carbonyl (C=O) groups is 1. The molecule has 2 aliphatic heterocycles. The quantitative estimate of drug-likeness (QED) is 0.860. The molecule has 2 fully saturated rings. The van der Waals surface area contributed by atoms with Gasteiger partial charge in [0.05, 0.1) is 0 Å². The van der Waals surface area contributed by atoms with Crippen molar-refractivity contribution < 1.29 is 9.32 Å². The predicted octanol–water partition coefficient (Wildman–Crippen LogP) is 3.35. The van der Waals surface area contributed by atoms with Crippen LogP contribution in [-0.2, 0) is 0 Å². The maximum absolute atomic E-state index is 13.2. The van der Waals surface area contributed by atoms with E-state index in [0.29, 0.717) is 23.1 Å². The van der Waals surface area contributed by atoms with Crippen molar-refractivity contribution in [1.29, 1.82) is 0 Å². The van der Waals surface area contributed by atoms with Gasteiger partial charge >= 0.3 is 0 Å². The standard InChI is InChI=1S/C20H25N3O2/c1-15-18(19(21-25-15)16-8-3-2-4-9-16)20(24)23-13-7-10-17(14-23)22-11-5-6-12-22/h2-4,8-9,17H,5-7,10-14H2,1H3/t17-/m0/s1. The van der Waals surface area contributed by atoms with Gasteiger partial charge in [-0.15, -0.1) is 0 Å². The molecular formula is C20H25N3O2. The van der Waals surface area contributed by atoms with Crippen molar-refractivity contribution in [2.45, 2.75) is 38.6 Å². The van der Waals surface area contributed by atoms with Crippen LogP contribution in [0, 0.1) is 6.92 Å². The van der Waals surface area contributed by atoms with Crippen LogP contribution in [0.25, 0.3) is 11.3 Å². The number of hydrogen-bond donors (Lipinski definition) is 0. The average Bonchev–Trinajstić information content (AvgIpc) is 3.32. The van der Waals surface area contributed by atoms with Gasteiger partial charge in [0.1, 0.15) is 17.0 Å². The lowest BCUT2D eigenvalue weighted by atomic mass is 10.0. The van der Waals surface area contributed by atoms with E-state index in [0.717, 1.165) is 25.1 Å². The normalized spacial score (nSPS) is 21.6. The maximum Gasteiger partial charge on any atom is 0.259 e. The summed E-state index contributed by atoms with van der Waals surface area (Å²) in [5, 5.41) is 4.17. The molecule has 132 valence electrons. The van der Waals surface area contributed by atoms with E-state index in [-0.39, 0.29) is 5.91 Å². The van der Waals surface area contributed by atoms with E-state index < -0.39 is 0 Å². The van der Waals surface area contributed by atoms with E-state index in [1.165, 1.54) is 32.4 Å². The summed E-state index contributed by atoms with van der Waals surface area (Å²) >= 11 is 0. The second kappa shape index (κ2) is 7.00. The number of amides is 1. The fraction of sp³-hybridized carbons (Fsp3) is 0.500. The summed E-state index contributed by atoms with van der Waals surface area (Å²) in [4.78, 5) is 17.8. The van der Waals surface area contributed by atoms with Crippen LogP contribution in [-0.4, -0.2) is 53.1 Å². The lowest BCUT2D eigenvalue weighted by molar-refractivity contribution is 0.0607. The maximum atomic E-state index is 13.2. The van der Waals surface area contributed by atoms with E-state index in [2.05, 4.69) is 10.1 Å². The number of piperidine rings is 1. The number of nitrogens with zero attached hydrogens (tertiary/aromatic N) is 3. The lowest BCUT2D eigenvalue weighted by Crippen LogP contribution is -2.49. The Morgan fingerprint density at radius 1 is 1.12 bits per heavy atom. The second-order valence-electron chi connectivity index (χ2n) is 7.12. The zero-order valence-electron chi connectivity index (χ0n) is 14.8. The molecule has 2 saturated heterocycles. The molecule has 1 aromatic heterocycles. The Morgan fingerprint density at radius 3 is 2.64 bits per heavy atom. The van der Waals surface area contributed by atoms with Gasteiger partial charge in [0.25, 0.3) is 5.91 Å². The number of aromatic nitrogens is 1. The third-order valence-corrected chi connectivity index (χ3v) is 5.46. The molecule has 1 amide bonds. The molecule has 1 atom stereocenters. The van der Waals surface area contributed by atoms with Crippen LogP contribution in [0.4, 0.5) is 0 Å². The molecule has 0 radical (unpaired) electrons. The molecule has 0 N–H and O–H groups in total. The van der Waals surface area contributed by atoms with E-state index in [1.54, 1.807) is 0 Å². The summed E-state index contributed by atoms with van der Waals surface area (Å²) in [5.74, 6) is 0.661. The highest BCUT2D eigenvalue weighted by Gasteiger charge is 2.32. The van der Waals surface area contributed by atoms with E-state index in [1.807, 2.05) is 42.2 Å². The summed E-state index contributed by atoms with van der Waals surface area (Å²) in [6.45, 7) is 5.82. The zero-order valence-corrected chi connectivity index (χ0v) is 14.8. The van der Waals surface area contributed by atoms with Gasteiger partial charge in [-0.3, -0.25) is 9.69 Å². The molecule has 25 heavy (non-hydrogen) atoms. The molecule has 5 nitrogen and oxygen atoms in total. The molecule has 3 heterocycles. The van der Waals surface area contributed by atoms with Crippen LogP contribution in [0.5, 0.6) is 0 Å². The highest BCUT2D eigenvalue weighted by Crippen LogP contribution is 2.28. The summed E-state index contributed by atoms with van der Waals surface area (Å²) in [7, 11) is 0. The molecule has 2 aromatic rings. The Hall–Kier alpha value is -2.14. The van der Waals surface area contributed by atoms with Crippen molar-refractivity contribution in [3.05, 3.63) is 41.7 Å². The molecule has 0 aliphatic carbocycles. The van der Waals surface area contributed by atoms with Crippen molar-refractivity contribution in [3.63, 3.8) is 0 Å². The SMILES string of the molecule is Cc1onc(-c2ccccc2)c1C(=O)N1CCC[C@H](N2CCCC2)C1. The van der Waals surface area contributed by atoms with E-state index in [4.69, 9.17) is 4.52 Å². The van der Waals surface area contributed by atoms with E-state index >= 15 is 0 Å². The third kappa shape index (κ3) is 3.21. The Morgan fingerprint density at radius 2 is 1.88 bits per heavy atom. The number of aryl methyl sites for hydroxylation is 1.